The summed E-state index contributed by atoms with van der Waals surface area (Å²) in [6.45, 7) is 4.07. The molecule has 0 unspecified atom stereocenters. The predicted octanol–water partition coefficient (Wildman–Crippen LogP) is 2.37. The molecule has 0 bridgehead atoms. The number of aromatic nitrogens is 2. The van der Waals surface area contributed by atoms with Gasteiger partial charge in [0.05, 0.1) is 5.69 Å². The third-order valence-electron chi connectivity index (χ3n) is 2.84. The van der Waals surface area contributed by atoms with Crippen LogP contribution in [0.15, 0.2) is 30.6 Å². The number of nitrogen functional groups attached to an aromatic ring is 1. The van der Waals surface area contributed by atoms with Crippen molar-refractivity contribution in [1.82, 2.24) is 9.55 Å². The topological polar surface area (TPSA) is 72.9 Å². The van der Waals surface area contributed by atoms with E-state index in [0.717, 1.165) is 5.82 Å². The van der Waals surface area contributed by atoms with Crippen LogP contribution in [-0.4, -0.2) is 15.5 Å². The summed E-state index contributed by atoms with van der Waals surface area (Å²) in [6, 6.07) is 4.06. The first kappa shape index (κ1) is 14.0. The van der Waals surface area contributed by atoms with Crippen LogP contribution in [0.5, 0.6) is 0 Å². The zero-order valence-corrected chi connectivity index (χ0v) is 11.4. The molecule has 0 fully saturated rings. The van der Waals surface area contributed by atoms with Crippen LogP contribution < -0.4 is 11.1 Å². The van der Waals surface area contributed by atoms with Gasteiger partial charge in [-0.2, -0.15) is 0 Å². The standard InChI is InChI=1S/C14H17FN4O/c1-9(2)14-17-5-6-19(14)8-13(20)18-12-7-10(16)3-4-11(12)15/h3-7,9H,8,16H2,1-2H3,(H,18,20). The number of carbonyl (C=O) groups is 1. The number of rotatable bonds is 4. The second kappa shape index (κ2) is 5.73. The van der Waals surface area contributed by atoms with Gasteiger partial charge in [0.25, 0.3) is 0 Å². The van der Waals surface area contributed by atoms with Gasteiger partial charge in [0.15, 0.2) is 0 Å². The van der Waals surface area contributed by atoms with Crippen molar-refractivity contribution in [1.29, 1.82) is 0 Å². The van der Waals surface area contributed by atoms with Crippen molar-refractivity contribution in [3.8, 4) is 0 Å². The minimum absolute atomic E-state index is 0.0845. The summed E-state index contributed by atoms with van der Waals surface area (Å²) >= 11 is 0. The molecule has 0 radical (unpaired) electrons. The van der Waals surface area contributed by atoms with Gasteiger partial charge >= 0.3 is 0 Å². The lowest BCUT2D eigenvalue weighted by Crippen LogP contribution is -2.20. The average Bonchev–Trinajstić information content (AvgIpc) is 2.82. The maximum atomic E-state index is 13.5. The fourth-order valence-corrected chi connectivity index (χ4v) is 1.94. The Bertz CT molecular complexity index is 621. The summed E-state index contributed by atoms with van der Waals surface area (Å²) in [5, 5.41) is 2.51. The molecule has 5 nitrogen and oxygen atoms in total. The van der Waals surface area contributed by atoms with E-state index in [2.05, 4.69) is 10.3 Å². The molecular formula is C14H17FN4O. The van der Waals surface area contributed by atoms with Crippen molar-refractivity contribution in [3.63, 3.8) is 0 Å². The second-order valence-corrected chi connectivity index (χ2v) is 4.86. The number of nitrogens with one attached hydrogen (secondary N) is 1. The fraction of sp³-hybridized carbons (Fsp3) is 0.286. The van der Waals surface area contributed by atoms with Gasteiger partial charge in [0.2, 0.25) is 5.91 Å². The SMILES string of the molecule is CC(C)c1nccn1CC(=O)Nc1cc(N)ccc1F. The van der Waals surface area contributed by atoms with Gasteiger partial charge in [-0.1, -0.05) is 13.8 Å². The smallest absolute Gasteiger partial charge is 0.244 e. The van der Waals surface area contributed by atoms with Crippen LogP contribution in [0.25, 0.3) is 0 Å². The molecule has 20 heavy (non-hydrogen) atoms. The van der Waals surface area contributed by atoms with Crippen LogP contribution in [0.4, 0.5) is 15.8 Å². The highest BCUT2D eigenvalue weighted by atomic mass is 19.1. The molecule has 0 aliphatic carbocycles. The Balaban J connectivity index is 2.09. The summed E-state index contributed by atoms with van der Waals surface area (Å²) in [5.41, 5.74) is 6.05. The van der Waals surface area contributed by atoms with Crippen molar-refractivity contribution in [2.45, 2.75) is 26.3 Å². The third-order valence-corrected chi connectivity index (χ3v) is 2.84. The number of amides is 1. The minimum Gasteiger partial charge on any atom is -0.399 e. The lowest BCUT2D eigenvalue weighted by atomic mass is 10.2. The molecule has 0 aliphatic heterocycles. The van der Waals surface area contributed by atoms with Crippen molar-refractivity contribution in [2.75, 3.05) is 11.1 Å². The maximum Gasteiger partial charge on any atom is 0.244 e. The van der Waals surface area contributed by atoms with Crippen molar-refractivity contribution in [3.05, 3.63) is 42.2 Å². The highest BCUT2D eigenvalue weighted by molar-refractivity contribution is 5.91. The minimum atomic E-state index is -0.512. The van der Waals surface area contributed by atoms with Gasteiger partial charge in [-0.3, -0.25) is 4.79 Å². The lowest BCUT2D eigenvalue weighted by molar-refractivity contribution is -0.116. The summed E-state index contributed by atoms with van der Waals surface area (Å²) in [4.78, 5) is 16.1. The third kappa shape index (κ3) is 3.14. The first-order valence-electron chi connectivity index (χ1n) is 6.33. The fourth-order valence-electron chi connectivity index (χ4n) is 1.94. The van der Waals surface area contributed by atoms with Crippen molar-refractivity contribution >= 4 is 17.3 Å². The summed E-state index contributed by atoms with van der Waals surface area (Å²) in [5.74, 6) is 0.187. The Labute approximate surface area is 116 Å². The number of imidazole rings is 1. The number of carbonyl (C=O) groups excluding carboxylic acids is 1. The van der Waals surface area contributed by atoms with Gasteiger partial charge in [-0.05, 0) is 18.2 Å². The van der Waals surface area contributed by atoms with E-state index in [1.807, 2.05) is 13.8 Å². The lowest BCUT2D eigenvalue weighted by Gasteiger charge is -2.11. The number of nitrogens with zero attached hydrogens (tertiary/aromatic N) is 2. The molecule has 3 N–H and O–H groups in total. The number of anilines is 2. The van der Waals surface area contributed by atoms with Crippen LogP contribution >= 0.6 is 0 Å². The normalized spacial score (nSPS) is 10.8. The summed E-state index contributed by atoms with van der Waals surface area (Å²) in [7, 11) is 0. The molecule has 1 aromatic carbocycles. The van der Waals surface area contributed by atoms with Gasteiger partial charge in [0, 0.05) is 24.0 Å². The monoisotopic (exact) mass is 276 g/mol. The molecule has 1 aromatic heterocycles. The van der Waals surface area contributed by atoms with Crippen LogP contribution in [0.2, 0.25) is 0 Å². The molecule has 6 heteroatoms. The quantitative estimate of drug-likeness (QED) is 0.842. The van der Waals surface area contributed by atoms with Gasteiger partial charge < -0.3 is 15.6 Å². The van der Waals surface area contributed by atoms with Crippen LogP contribution in [0, 0.1) is 5.82 Å². The molecule has 0 atom stereocenters. The number of hydrogen-bond acceptors (Lipinski definition) is 3. The van der Waals surface area contributed by atoms with Gasteiger partial charge in [-0.25, -0.2) is 9.37 Å². The zero-order chi connectivity index (χ0) is 14.7. The molecule has 1 amide bonds. The molecule has 1 heterocycles. The number of halogens is 1. The summed E-state index contributed by atoms with van der Waals surface area (Å²) < 4.78 is 15.3. The molecule has 0 aliphatic rings. The van der Waals surface area contributed by atoms with Crippen molar-refractivity contribution in [2.24, 2.45) is 0 Å². The van der Waals surface area contributed by atoms with E-state index in [9.17, 15) is 9.18 Å². The largest absolute Gasteiger partial charge is 0.399 e. The molecule has 0 saturated carbocycles. The number of hydrogen-bond donors (Lipinski definition) is 2. The Morgan fingerprint density at radius 2 is 2.25 bits per heavy atom. The first-order chi connectivity index (χ1) is 9.47. The summed E-state index contributed by atoms with van der Waals surface area (Å²) in [6.07, 6.45) is 3.37. The average molecular weight is 276 g/mol. The van der Waals surface area contributed by atoms with E-state index < -0.39 is 5.82 Å². The second-order valence-electron chi connectivity index (χ2n) is 4.86. The van der Waals surface area contributed by atoms with Crippen LogP contribution in [0.1, 0.15) is 25.6 Å². The molecule has 2 rings (SSSR count). The van der Waals surface area contributed by atoms with E-state index in [1.165, 1.54) is 18.2 Å². The van der Waals surface area contributed by atoms with E-state index in [0.29, 0.717) is 5.69 Å². The Hall–Kier alpha value is -2.37. The molecular weight excluding hydrogens is 259 g/mol. The highest BCUT2D eigenvalue weighted by Gasteiger charge is 2.12. The highest BCUT2D eigenvalue weighted by Crippen LogP contribution is 2.18. The Morgan fingerprint density at radius 3 is 2.95 bits per heavy atom. The predicted molar refractivity (Wildman–Crippen MR) is 75.8 cm³/mol. The number of nitrogens with two attached hydrogens (primary N) is 1. The van der Waals surface area contributed by atoms with E-state index >= 15 is 0 Å². The van der Waals surface area contributed by atoms with E-state index in [-0.39, 0.29) is 24.1 Å². The maximum absolute atomic E-state index is 13.5. The number of benzene rings is 1. The van der Waals surface area contributed by atoms with Crippen molar-refractivity contribution < 1.29 is 9.18 Å². The van der Waals surface area contributed by atoms with Crippen LogP contribution in [-0.2, 0) is 11.3 Å². The van der Waals surface area contributed by atoms with E-state index in [1.54, 1.807) is 17.0 Å². The molecule has 2 aromatic rings. The molecule has 106 valence electrons. The Kier molecular flexibility index (Phi) is 4.02. The zero-order valence-electron chi connectivity index (χ0n) is 11.4. The van der Waals surface area contributed by atoms with Gasteiger partial charge in [0.1, 0.15) is 18.2 Å². The Morgan fingerprint density at radius 1 is 1.50 bits per heavy atom. The van der Waals surface area contributed by atoms with Gasteiger partial charge in [-0.15, -0.1) is 0 Å². The molecule has 0 saturated heterocycles. The molecule has 0 spiro atoms. The van der Waals surface area contributed by atoms with Crippen LogP contribution in [0.3, 0.4) is 0 Å². The first-order valence-corrected chi connectivity index (χ1v) is 6.33. The van der Waals surface area contributed by atoms with E-state index in [4.69, 9.17) is 5.73 Å².